The summed E-state index contributed by atoms with van der Waals surface area (Å²) in [5, 5.41) is 8.42. The lowest BCUT2D eigenvalue weighted by Gasteiger charge is -2.43. The smallest absolute Gasteiger partial charge is 0.0967 e. The second-order valence-electron chi connectivity index (χ2n) is 5.99. The molecule has 2 aliphatic rings. The van der Waals surface area contributed by atoms with Crippen LogP contribution in [-0.2, 0) is 13.1 Å². The van der Waals surface area contributed by atoms with Gasteiger partial charge in [0.05, 0.1) is 12.2 Å². The van der Waals surface area contributed by atoms with E-state index in [4.69, 9.17) is 5.73 Å². The molecule has 0 bridgehead atoms. The number of fused-ring (bicyclic) bond motifs is 1. The Morgan fingerprint density at radius 1 is 1.21 bits per heavy atom. The summed E-state index contributed by atoms with van der Waals surface area (Å²) in [4.78, 5) is 2.64. The number of nitrogens with zero attached hydrogens (tertiary/aromatic N) is 4. The molecule has 2 atom stereocenters. The lowest BCUT2D eigenvalue weighted by molar-refractivity contribution is 0.0537. The molecule has 1 aromatic rings. The van der Waals surface area contributed by atoms with Crippen LogP contribution in [-0.4, -0.2) is 39.0 Å². The van der Waals surface area contributed by atoms with Crippen LogP contribution in [0.5, 0.6) is 0 Å². The van der Waals surface area contributed by atoms with Gasteiger partial charge in [-0.25, -0.2) is 0 Å². The van der Waals surface area contributed by atoms with Crippen molar-refractivity contribution in [1.29, 1.82) is 0 Å². The molecule has 0 radical (unpaired) electrons. The minimum atomic E-state index is 0.622. The summed E-state index contributed by atoms with van der Waals surface area (Å²) in [6.07, 6.45) is 10.5. The van der Waals surface area contributed by atoms with E-state index in [9.17, 15) is 0 Å². The first-order valence-corrected chi connectivity index (χ1v) is 7.70. The number of aromatic nitrogens is 3. The van der Waals surface area contributed by atoms with E-state index in [0.29, 0.717) is 6.54 Å². The topological polar surface area (TPSA) is 60.0 Å². The summed E-state index contributed by atoms with van der Waals surface area (Å²) >= 11 is 0. The van der Waals surface area contributed by atoms with E-state index in [0.717, 1.165) is 30.7 Å². The quantitative estimate of drug-likeness (QED) is 0.892. The molecule has 0 spiro atoms. The summed E-state index contributed by atoms with van der Waals surface area (Å²) in [7, 11) is 0. The predicted molar refractivity (Wildman–Crippen MR) is 74.5 cm³/mol. The Kier molecular flexibility index (Phi) is 4.13. The molecule has 1 aliphatic heterocycles. The van der Waals surface area contributed by atoms with Gasteiger partial charge >= 0.3 is 0 Å². The van der Waals surface area contributed by atoms with Crippen molar-refractivity contribution >= 4 is 0 Å². The molecular weight excluding hydrogens is 238 g/mol. The fourth-order valence-electron chi connectivity index (χ4n) is 3.78. The highest BCUT2D eigenvalue weighted by molar-refractivity contribution is 4.96. The average molecular weight is 263 g/mol. The number of hydrogen-bond donors (Lipinski definition) is 1. The third kappa shape index (κ3) is 2.98. The standard InChI is InChI=1S/C14H25N5/c15-7-9-19-11-13(16-17-19)10-18-8-3-5-12-4-1-2-6-14(12)18/h11-12,14H,1-10,15H2/t12-,14-/m1/s1. The third-order valence-electron chi connectivity index (χ3n) is 4.67. The number of nitrogens with two attached hydrogens (primary N) is 1. The first kappa shape index (κ1) is 13.1. The van der Waals surface area contributed by atoms with Gasteiger partial charge in [0.15, 0.2) is 0 Å². The molecule has 19 heavy (non-hydrogen) atoms. The molecule has 0 unspecified atom stereocenters. The summed E-state index contributed by atoms with van der Waals surface area (Å²) in [6, 6.07) is 0.794. The Bertz CT molecular complexity index is 400. The lowest BCUT2D eigenvalue weighted by Crippen LogP contribution is -2.46. The highest BCUT2D eigenvalue weighted by Crippen LogP contribution is 2.35. The zero-order valence-electron chi connectivity index (χ0n) is 11.7. The Balaban J connectivity index is 1.63. The third-order valence-corrected chi connectivity index (χ3v) is 4.67. The van der Waals surface area contributed by atoms with Crippen molar-refractivity contribution in [2.45, 2.75) is 57.7 Å². The van der Waals surface area contributed by atoms with Crippen molar-refractivity contribution in [3.05, 3.63) is 11.9 Å². The zero-order valence-corrected chi connectivity index (χ0v) is 11.7. The molecule has 3 rings (SSSR count). The van der Waals surface area contributed by atoms with E-state index >= 15 is 0 Å². The maximum Gasteiger partial charge on any atom is 0.0967 e. The van der Waals surface area contributed by atoms with Crippen molar-refractivity contribution in [2.75, 3.05) is 13.1 Å². The Morgan fingerprint density at radius 2 is 2.05 bits per heavy atom. The predicted octanol–water partition coefficient (Wildman–Crippen LogP) is 1.39. The molecule has 5 nitrogen and oxygen atoms in total. The molecule has 1 saturated carbocycles. The maximum atomic E-state index is 5.54. The zero-order chi connectivity index (χ0) is 13.1. The largest absolute Gasteiger partial charge is 0.329 e. The van der Waals surface area contributed by atoms with Gasteiger partial charge in [-0.3, -0.25) is 9.58 Å². The number of piperidine rings is 1. The van der Waals surface area contributed by atoms with Crippen LogP contribution >= 0.6 is 0 Å². The summed E-state index contributed by atoms with van der Waals surface area (Å²) in [5.74, 6) is 0.932. The SMILES string of the molecule is NCCn1cc(CN2CCC[C@H]3CCCC[C@H]32)nn1. The van der Waals surface area contributed by atoms with Crippen LogP contribution < -0.4 is 5.73 Å². The Labute approximate surface area is 115 Å². The second-order valence-corrected chi connectivity index (χ2v) is 5.99. The molecule has 0 aromatic carbocycles. The van der Waals surface area contributed by atoms with Crippen molar-refractivity contribution < 1.29 is 0 Å². The normalized spacial score (nSPS) is 28.3. The lowest BCUT2D eigenvalue weighted by atomic mass is 9.78. The molecular formula is C14H25N5. The number of rotatable bonds is 4. The number of hydrogen-bond acceptors (Lipinski definition) is 4. The monoisotopic (exact) mass is 263 g/mol. The van der Waals surface area contributed by atoms with Gasteiger partial charge in [0.25, 0.3) is 0 Å². The van der Waals surface area contributed by atoms with Crippen molar-refractivity contribution in [1.82, 2.24) is 19.9 Å². The van der Waals surface area contributed by atoms with Crippen LogP contribution in [0.25, 0.3) is 0 Å². The second kappa shape index (κ2) is 6.01. The number of likely N-dealkylation sites (tertiary alicyclic amines) is 1. The van der Waals surface area contributed by atoms with E-state index in [1.807, 2.05) is 4.68 Å². The first-order valence-electron chi connectivity index (χ1n) is 7.70. The van der Waals surface area contributed by atoms with Gasteiger partial charge < -0.3 is 5.73 Å². The Morgan fingerprint density at radius 3 is 2.95 bits per heavy atom. The van der Waals surface area contributed by atoms with Gasteiger partial charge in [-0.1, -0.05) is 18.1 Å². The van der Waals surface area contributed by atoms with Gasteiger partial charge in [-0.2, -0.15) is 0 Å². The molecule has 1 saturated heterocycles. The van der Waals surface area contributed by atoms with Crippen LogP contribution in [0.4, 0.5) is 0 Å². The Hall–Kier alpha value is -0.940. The summed E-state index contributed by atoms with van der Waals surface area (Å²) in [5.41, 5.74) is 6.64. The van der Waals surface area contributed by atoms with E-state index in [1.54, 1.807) is 0 Å². The van der Waals surface area contributed by atoms with Gasteiger partial charge in [-0.05, 0) is 38.1 Å². The van der Waals surface area contributed by atoms with Gasteiger partial charge in [0, 0.05) is 25.3 Å². The summed E-state index contributed by atoms with van der Waals surface area (Å²) < 4.78 is 1.86. The first-order chi connectivity index (χ1) is 9.36. The van der Waals surface area contributed by atoms with Crippen molar-refractivity contribution in [3.8, 4) is 0 Å². The molecule has 0 amide bonds. The van der Waals surface area contributed by atoms with Gasteiger partial charge in [0.2, 0.25) is 0 Å². The molecule has 2 fully saturated rings. The fraction of sp³-hybridized carbons (Fsp3) is 0.857. The molecule has 2 heterocycles. The van der Waals surface area contributed by atoms with Crippen LogP contribution in [0.2, 0.25) is 0 Å². The van der Waals surface area contributed by atoms with Crippen LogP contribution in [0, 0.1) is 5.92 Å². The molecule has 5 heteroatoms. The van der Waals surface area contributed by atoms with Crippen molar-refractivity contribution in [3.63, 3.8) is 0 Å². The van der Waals surface area contributed by atoms with Crippen LogP contribution in [0.3, 0.4) is 0 Å². The highest BCUT2D eigenvalue weighted by Gasteiger charge is 2.33. The van der Waals surface area contributed by atoms with Gasteiger partial charge in [0.1, 0.15) is 0 Å². The van der Waals surface area contributed by atoms with Crippen LogP contribution in [0.1, 0.15) is 44.2 Å². The molecule has 1 aliphatic carbocycles. The minimum Gasteiger partial charge on any atom is -0.329 e. The molecule has 106 valence electrons. The fourth-order valence-corrected chi connectivity index (χ4v) is 3.78. The highest BCUT2D eigenvalue weighted by atomic mass is 15.4. The van der Waals surface area contributed by atoms with Gasteiger partial charge in [-0.15, -0.1) is 5.10 Å². The average Bonchev–Trinajstić information content (AvgIpc) is 2.87. The molecule has 1 aromatic heterocycles. The van der Waals surface area contributed by atoms with E-state index < -0.39 is 0 Å². The van der Waals surface area contributed by atoms with E-state index in [-0.39, 0.29) is 0 Å². The minimum absolute atomic E-state index is 0.622. The van der Waals surface area contributed by atoms with E-state index in [1.165, 1.54) is 45.1 Å². The van der Waals surface area contributed by atoms with Crippen LogP contribution in [0.15, 0.2) is 6.20 Å². The van der Waals surface area contributed by atoms with E-state index in [2.05, 4.69) is 21.4 Å². The van der Waals surface area contributed by atoms with Crippen molar-refractivity contribution in [2.24, 2.45) is 11.7 Å². The molecule has 2 N–H and O–H groups in total. The maximum absolute atomic E-state index is 5.54. The summed E-state index contributed by atoms with van der Waals surface area (Å²) in [6.45, 7) is 3.58.